The van der Waals surface area contributed by atoms with Gasteiger partial charge < -0.3 is 15.0 Å². The number of fused-ring (bicyclic) bond motifs is 3. The van der Waals surface area contributed by atoms with E-state index in [9.17, 15) is 8.42 Å². The molecule has 2 aliphatic rings. The second-order valence-corrected chi connectivity index (χ2v) is 9.25. The van der Waals surface area contributed by atoms with Gasteiger partial charge in [0.1, 0.15) is 5.75 Å². The van der Waals surface area contributed by atoms with Gasteiger partial charge in [0.2, 0.25) is 9.84 Å². The van der Waals surface area contributed by atoms with E-state index in [-0.39, 0.29) is 4.90 Å². The van der Waals surface area contributed by atoms with Crippen molar-refractivity contribution in [1.82, 2.24) is 4.90 Å². The maximum atomic E-state index is 13.1. The highest BCUT2D eigenvalue weighted by atomic mass is 32.2. The van der Waals surface area contributed by atoms with Crippen LogP contribution in [0.3, 0.4) is 0 Å². The average molecular weight is 387 g/mol. The number of hydrogen-bond acceptors (Lipinski definition) is 5. The van der Waals surface area contributed by atoms with Crippen LogP contribution in [0, 0.1) is 0 Å². The Morgan fingerprint density at radius 3 is 2.67 bits per heavy atom. The number of nitrogens with zero attached hydrogens (tertiary/aromatic N) is 1. The van der Waals surface area contributed by atoms with Crippen molar-refractivity contribution >= 4 is 15.5 Å². The maximum Gasteiger partial charge on any atom is 0.206 e. The fourth-order valence-electron chi connectivity index (χ4n) is 4.27. The van der Waals surface area contributed by atoms with E-state index in [1.165, 1.54) is 0 Å². The van der Waals surface area contributed by atoms with Gasteiger partial charge in [0.05, 0.1) is 16.9 Å². The van der Waals surface area contributed by atoms with Crippen molar-refractivity contribution in [3.63, 3.8) is 0 Å². The van der Waals surface area contributed by atoms with E-state index in [1.54, 1.807) is 37.4 Å². The summed E-state index contributed by atoms with van der Waals surface area (Å²) in [5.74, 6) is 0.916. The SMILES string of the molecule is CCN1CC[C@H]2Nc3ccc(S(=O)(=O)c4cccc(OC)c4)cc3[C@@H]2CC1. The van der Waals surface area contributed by atoms with Crippen molar-refractivity contribution < 1.29 is 13.2 Å². The van der Waals surface area contributed by atoms with Crippen molar-refractivity contribution in [3.05, 3.63) is 48.0 Å². The third-order valence-corrected chi connectivity index (χ3v) is 7.62. The van der Waals surface area contributed by atoms with Gasteiger partial charge in [0, 0.05) is 24.2 Å². The quantitative estimate of drug-likeness (QED) is 0.871. The molecule has 0 spiro atoms. The fraction of sp³-hybridized carbons (Fsp3) is 0.429. The summed E-state index contributed by atoms with van der Waals surface area (Å²) in [6.07, 6.45) is 2.15. The lowest BCUT2D eigenvalue weighted by atomic mass is 9.91. The lowest BCUT2D eigenvalue weighted by Crippen LogP contribution is -2.25. The lowest BCUT2D eigenvalue weighted by Gasteiger charge is -2.17. The Labute approximate surface area is 161 Å². The van der Waals surface area contributed by atoms with Crippen molar-refractivity contribution in [1.29, 1.82) is 0 Å². The number of sulfone groups is 1. The molecule has 0 saturated carbocycles. The van der Waals surface area contributed by atoms with Gasteiger partial charge in [-0.05, 0) is 67.9 Å². The third kappa shape index (κ3) is 3.32. The standard InChI is InChI=1S/C21H26N2O3S/c1-3-23-11-9-18-19-14-17(7-8-20(19)22-21(18)10-12-23)27(24,25)16-6-4-5-15(13-16)26-2/h4-8,13-14,18,21-22H,3,9-12H2,1-2H3/t18-,21+/m0/s1. The van der Waals surface area contributed by atoms with Crippen LogP contribution in [0.15, 0.2) is 52.3 Å². The van der Waals surface area contributed by atoms with Crippen molar-refractivity contribution in [2.75, 3.05) is 32.1 Å². The van der Waals surface area contributed by atoms with Gasteiger partial charge in [-0.2, -0.15) is 0 Å². The Morgan fingerprint density at radius 2 is 1.89 bits per heavy atom. The summed E-state index contributed by atoms with van der Waals surface area (Å²) in [7, 11) is -2.03. The first kappa shape index (κ1) is 18.3. The van der Waals surface area contributed by atoms with Crippen molar-refractivity contribution in [2.45, 2.75) is 41.5 Å². The Hall–Kier alpha value is -2.05. The van der Waals surface area contributed by atoms with E-state index in [0.717, 1.165) is 43.7 Å². The van der Waals surface area contributed by atoms with Crippen LogP contribution in [0.25, 0.3) is 0 Å². The molecule has 6 heteroatoms. The van der Waals surface area contributed by atoms with E-state index in [0.29, 0.717) is 22.6 Å². The number of ether oxygens (including phenoxy) is 1. The highest BCUT2D eigenvalue weighted by molar-refractivity contribution is 7.91. The summed E-state index contributed by atoms with van der Waals surface area (Å²) in [6, 6.07) is 12.6. The number of nitrogens with one attached hydrogen (secondary N) is 1. The van der Waals surface area contributed by atoms with Crippen LogP contribution >= 0.6 is 0 Å². The topological polar surface area (TPSA) is 58.6 Å². The molecule has 4 rings (SSSR count). The van der Waals surface area contributed by atoms with Crippen LogP contribution in [-0.4, -0.2) is 46.1 Å². The summed E-state index contributed by atoms with van der Waals surface area (Å²) < 4.78 is 31.5. The number of anilines is 1. The molecule has 2 heterocycles. The molecule has 27 heavy (non-hydrogen) atoms. The first-order valence-corrected chi connectivity index (χ1v) is 11.0. The molecule has 1 saturated heterocycles. The Morgan fingerprint density at radius 1 is 1.11 bits per heavy atom. The smallest absolute Gasteiger partial charge is 0.206 e. The van der Waals surface area contributed by atoms with Crippen LogP contribution in [0.5, 0.6) is 5.75 Å². The summed E-state index contributed by atoms with van der Waals surface area (Å²) >= 11 is 0. The molecule has 0 aliphatic carbocycles. The zero-order valence-electron chi connectivity index (χ0n) is 15.8. The van der Waals surface area contributed by atoms with Gasteiger partial charge in [-0.15, -0.1) is 0 Å². The van der Waals surface area contributed by atoms with E-state index < -0.39 is 9.84 Å². The molecule has 0 bridgehead atoms. The molecule has 5 nitrogen and oxygen atoms in total. The number of hydrogen-bond donors (Lipinski definition) is 1. The molecule has 0 unspecified atom stereocenters. The van der Waals surface area contributed by atoms with Crippen LogP contribution in [0.2, 0.25) is 0 Å². The molecular weight excluding hydrogens is 360 g/mol. The predicted molar refractivity (Wildman–Crippen MR) is 106 cm³/mol. The molecule has 0 amide bonds. The normalized spacial score (nSPS) is 22.4. The molecule has 0 radical (unpaired) electrons. The number of benzene rings is 2. The predicted octanol–water partition coefficient (Wildman–Crippen LogP) is 3.52. The fourth-order valence-corrected chi connectivity index (χ4v) is 5.60. The Bertz CT molecular complexity index is 942. The molecule has 0 aromatic heterocycles. The van der Waals surface area contributed by atoms with Gasteiger partial charge in [0.25, 0.3) is 0 Å². The highest BCUT2D eigenvalue weighted by Gasteiger charge is 2.35. The summed E-state index contributed by atoms with van der Waals surface area (Å²) in [6.45, 7) is 5.41. The van der Waals surface area contributed by atoms with Crippen LogP contribution in [0.4, 0.5) is 5.69 Å². The largest absolute Gasteiger partial charge is 0.497 e. The molecule has 2 atom stereocenters. The van der Waals surface area contributed by atoms with Gasteiger partial charge in [-0.25, -0.2) is 8.42 Å². The lowest BCUT2D eigenvalue weighted by molar-refractivity contribution is 0.298. The minimum absolute atomic E-state index is 0.266. The van der Waals surface area contributed by atoms with Gasteiger partial charge >= 0.3 is 0 Å². The summed E-state index contributed by atoms with van der Waals surface area (Å²) in [4.78, 5) is 3.09. The maximum absolute atomic E-state index is 13.1. The molecule has 2 aliphatic heterocycles. The molecule has 2 aromatic rings. The number of methoxy groups -OCH3 is 1. The average Bonchev–Trinajstić information content (AvgIpc) is 2.91. The summed E-state index contributed by atoms with van der Waals surface area (Å²) in [5.41, 5.74) is 2.22. The number of likely N-dealkylation sites (tertiary alicyclic amines) is 1. The van der Waals surface area contributed by atoms with Gasteiger partial charge in [-0.3, -0.25) is 0 Å². The summed E-state index contributed by atoms with van der Waals surface area (Å²) in [5, 5.41) is 3.62. The van der Waals surface area contributed by atoms with Crippen LogP contribution in [0.1, 0.15) is 31.2 Å². The van der Waals surface area contributed by atoms with Gasteiger partial charge in [0.15, 0.2) is 0 Å². The van der Waals surface area contributed by atoms with E-state index in [1.807, 2.05) is 12.1 Å². The molecule has 144 valence electrons. The molecule has 2 aromatic carbocycles. The minimum atomic E-state index is -3.57. The zero-order chi connectivity index (χ0) is 19.0. The monoisotopic (exact) mass is 386 g/mol. The first-order chi connectivity index (χ1) is 13.0. The van der Waals surface area contributed by atoms with Gasteiger partial charge in [-0.1, -0.05) is 13.0 Å². The molecular formula is C21H26N2O3S. The first-order valence-electron chi connectivity index (χ1n) is 9.55. The molecule has 1 N–H and O–H groups in total. The second-order valence-electron chi connectivity index (χ2n) is 7.30. The van der Waals surface area contributed by atoms with Crippen molar-refractivity contribution in [2.24, 2.45) is 0 Å². The van der Waals surface area contributed by atoms with Crippen molar-refractivity contribution in [3.8, 4) is 5.75 Å². The van der Waals surface area contributed by atoms with Crippen LogP contribution < -0.4 is 10.1 Å². The number of rotatable bonds is 4. The van der Waals surface area contributed by atoms with Crippen LogP contribution in [-0.2, 0) is 9.84 Å². The van der Waals surface area contributed by atoms with E-state index >= 15 is 0 Å². The molecule has 1 fully saturated rings. The Kier molecular flexibility index (Phi) is 4.86. The van der Waals surface area contributed by atoms with E-state index in [2.05, 4.69) is 17.1 Å². The second kappa shape index (κ2) is 7.17. The highest BCUT2D eigenvalue weighted by Crippen LogP contribution is 2.42. The minimum Gasteiger partial charge on any atom is -0.497 e. The Balaban J connectivity index is 1.68. The third-order valence-electron chi connectivity index (χ3n) is 5.87. The zero-order valence-corrected chi connectivity index (χ0v) is 16.6. The van der Waals surface area contributed by atoms with E-state index in [4.69, 9.17) is 4.74 Å².